The maximum Gasteiger partial charge on any atom is 0.321 e. The van der Waals surface area contributed by atoms with Gasteiger partial charge in [0.2, 0.25) is 0 Å². The number of hydrogen-bond acceptors (Lipinski definition) is 8. The molecular weight excluding hydrogens is 478 g/mol. The van der Waals surface area contributed by atoms with Crippen LogP contribution in [0.3, 0.4) is 0 Å². The molecule has 2 N–H and O–H groups in total. The van der Waals surface area contributed by atoms with Gasteiger partial charge in [-0.2, -0.15) is 0 Å². The minimum absolute atomic E-state index is 0.0386. The van der Waals surface area contributed by atoms with Crippen molar-refractivity contribution in [3.8, 4) is 11.5 Å². The molecule has 1 aromatic rings. The Bertz CT molecular complexity index is 927. The highest BCUT2D eigenvalue weighted by Crippen LogP contribution is 2.31. The highest BCUT2D eigenvalue weighted by molar-refractivity contribution is 5.79. The van der Waals surface area contributed by atoms with Crippen LogP contribution in [0, 0.1) is 23.7 Å². The minimum atomic E-state index is -1.08. The molecule has 0 saturated heterocycles. The second-order valence-electron chi connectivity index (χ2n) is 10.2. The van der Waals surface area contributed by atoms with Gasteiger partial charge in [0.25, 0.3) is 0 Å². The fourth-order valence-corrected chi connectivity index (χ4v) is 3.11. The first-order chi connectivity index (χ1) is 17.3. The summed E-state index contributed by atoms with van der Waals surface area (Å²) in [6.07, 6.45) is 0.531. The first-order valence-electron chi connectivity index (χ1n) is 13.0. The second kappa shape index (κ2) is 15.3. The van der Waals surface area contributed by atoms with Crippen LogP contribution in [0.15, 0.2) is 18.2 Å². The van der Waals surface area contributed by atoms with Gasteiger partial charge in [-0.05, 0) is 49.3 Å². The van der Waals surface area contributed by atoms with Crippen molar-refractivity contribution >= 4 is 23.9 Å². The van der Waals surface area contributed by atoms with E-state index >= 15 is 0 Å². The van der Waals surface area contributed by atoms with Gasteiger partial charge in [-0.1, -0.05) is 54.5 Å². The Labute approximate surface area is 220 Å². The Hall–Kier alpha value is -2.94. The van der Waals surface area contributed by atoms with E-state index in [-0.39, 0.29) is 48.2 Å². The Balaban J connectivity index is 3.11. The van der Waals surface area contributed by atoms with E-state index in [2.05, 4.69) is 5.32 Å². The number of carbonyl (C=O) groups excluding carboxylic acids is 3. The van der Waals surface area contributed by atoms with E-state index in [0.29, 0.717) is 18.4 Å². The first kappa shape index (κ1) is 32.1. The van der Waals surface area contributed by atoms with E-state index in [1.807, 2.05) is 34.6 Å². The molecule has 0 amide bonds. The van der Waals surface area contributed by atoms with Crippen LogP contribution in [0.2, 0.25) is 0 Å². The molecule has 9 heteroatoms. The van der Waals surface area contributed by atoms with Crippen LogP contribution < -0.4 is 14.8 Å². The molecule has 0 saturated carbocycles. The summed E-state index contributed by atoms with van der Waals surface area (Å²) in [5.41, 5.74) is 0.562. The van der Waals surface area contributed by atoms with Crippen LogP contribution in [0.25, 0.3) is 0 Å². The van der Waals surface area contributed by atoms with Gasteiger partial charge in [0.05, 0.1) is 11.8 Å². The quantitative estimate of drug-likeness (QED) is 0.255. The highest BCUT2D eigenvalue weighted by Gasteiger charge is 2.25. The van der Waals surface area contributed by atoms with Crippen LogP contribution in [0.1, 0.15) is 73.8 Å². The van der Waals surface area contributed by atoms with Crippen molar-refractivity contribution in [2.45, 2.75) is 86.8 Å². The molecular formula is C28H43NO8. The Morgan fingerprint density at radius 3 is 1.89 bits per heavy atom. The molecule has 0 fully saturated rings. The maximum absolute atomic E-state index is 12.7. The van der Waals surface area contributed by atoms with Gasteiger partial charge < -0.3 is 24.6 Å². The zero-order valence-electron chi connectivity index (χ0n) is 23.3. The molecule has 0 radical (unpaired) electrons. The van der Waals surface area contributed by atoms with Crippen LogP contribution in [-0.2, 0) is 30.3 Å². The van der Waals surface area contributed by atoms with Gasteiger partial charge >= 0.3 is 23.9 Å². The highest BCUT2D eigenvalue weighted by atomic mass is 16.6. The number of carbonyl (C=O) groups is 4. The van der Waals surface area contributed by atoms with Crippen molar-refractivity contribution < 1.29 is 38.5 Å². The van der Waals surface area contributed by atoms with Crippen molar-refractivity contribution in [3.63, 3.8) is 0 Å². The molecule has 0 bridgehead atoms. The third-order valence-electron chi connectivity index (χ3n) is 6.35. The Kier molecular flexibility index (Phi) is 13.3. The standard InChI is InChI=1S/C28H43NO8/c1-9-10-25(30)35-18(6)15-29-22(26(31)32)13-21-11-12-23(36-27(33)19(7)16(2)3)24(14-21)37-28(34)20(8)17(4)5/h11-12,14,16-20,22,29H,9-10,13,15H2,1-8H3,(H,31,32)/t18?,19?,20?,22-/m0/s1. The molecule has 208 valence electrons. The average Bonchev–Trinajstić information content (AvgIpc) is 2.81. The van der Waals surface area contributed by atoms with E-state index in [1.54, 1.807) is 26.8 Å². The number of ether oxygens (including phenoxy) is 3. The number of carboxylic acid groups (broad SMARTS) is 1. The van der Waals surface area contributed by atoms with E-state index in [0.717, 1.165) is 0 Å². The van der Waals surface area contributed by atoms with Gasteiger partial charge in [-0.15, -0.1) is 0 Å². The number of nitrogens with one attached hydrogen (secondary N) is 1. The Morgan fingerprint density at radius 1 is 0.865 bits per heavy atom. The molecule has 1 rings (SSSR count). The van der Waals surface area contributed by atoms with Crippen LogP contribution in [0.4, 0.5) is 0 Å². The molecule has 1 aromatic carbocycles. The third-order valence-corrected chi connectivity index (χ3v) is 6.35. The number of benzene rings is 1. The van der Waals surface area contributed by atoms with Crippen LogP contribution in [0.5, 0.6) is 11.5 Å². The normalized spacial score (nSPS) is 14.5. The summed E-state index contributed by atoms with van der Waals surface area (Å²) < 4.78 is 16.4. The lowest BCUT2D eigenvalue weighted by atomic mass is 9.98. The molecule has 0 spiro atoms. The SMILES string of the molecule is CCCC(=O)OC(C)CN[C@@H](Cc1ccc(OC(=O)C(C)C(C)C)c(OC(=O)C(C)C(C)C)c1)C(=O)O. The molecule has 0 aromatic heterocycles. The fourth-order valence-electron chi connectivity index (χ4n) is 3.11. The third kappa shape index (κ3) is 10.9. The molecule has 0 heterocycles. The van der Waals surface area contributed by atoms with Crippen molar-refractivity contribution in [1.82, 2.24) is 5.32 Å². The van der Waals surface area contributed by atoms with Gasteiger partial charge in [0, 0.05) is 13.0 Å². The second-order valence-corrected chi connectivity index (χ2v) is 10.2. The van der Waals surface area contributed by atoms with Gasteiger partial charge in [-0.25, -0.2) is 0 Å². The van der Waals surface area contributed by atoms with Crippen molar-refractivity contribution in [2.75, 3.05) is 6.54 Å². The summed E-state index contributed by atoms with van der Waals surface area (Å²) in [5, 5.41) is 12.6. The fraction of sp³-hybridized carbons (Fsp3) is 0.643. The van der Waals surface area contributed by atoms with E-state index in [4.69, 9.17) is 14.2 Å². The predicted molar refractivity (Wildman–Crippen MR) is 139 cm³/mol. The number of carboxylic acids is 1. The summed E-state index contributed by atoms with van der Waals surface area (Å²) in [5.74, 6) is -2.85. The summed E-state index contributed by atoms with van der Waals surface area (Å²) in [6.45, 7) is 14.8. The summed E-state index contributed by atoms with van der Waals surface area (Å²) in [4.78, 5) is 48.8. The summed E-state index contributed by atoms with van der Waals surface area (Å²) in [6, 6.07) is 3.68. The van der Waals surface area contributed by atoms with Gasteiger partial charge in [0.15, 0.2) is 11.5 Å². The summed E-state index contributed by atoms with van der Waals surface area (Å²) in [7, 11) is 0. The average molecular weight is 522 g/mol. The van der Waals surface area contributed by atoms with E-state index in [9.17, 15) is 24.3 Å². The monoisotopic (exact) mass is 521 g/mol. The number of hydrogen-bond donors (Lipinski definition) is 2. The maximum atomic E-state index is 12.7. The molecule has 0 aliphatic heterocycles. The summed E-state index contributed by atoms with van der Waals surface area (Å²) >= 11 is 0. The zero-order valence-corrected chi connectivity index (χ0v) is 23.3. The Morgan fingerprint density at radius 2 is 1.41 bits per heavy atom. The largest absolute Gasteiger partial charge is 0.480 e. The van der Waals surface area contributed by atoms with Crippen molar-refractivity contribution in [3.05, 3.63) is 23.8 Å². The van der Waals surface area contributed by atoms with Gasteiger partial charge in [0.1, 0.15) is 12.1 Å². The lowest BCUT2D eigenvalue weighted by molar-refractivity contribution is -0.148. The van der Waals surface area contributed by atoms with Gasteiger partial charge in [-0.3, -0.25) is 19.2 Å². The molecule has 0 aliphatic carbocycles. The van der Waals surface area contributed by atoms with Crippen molar-refractivity contribution in [1.29, 1.82) is 0 Å². The molecule has 9 nitrogen and oxygen atoms in total. The van der Waals surface area contributed by atoms with Crippen LogP contribution in [-0.4, -0.2) is 47.7 Å². The minimum Gasteiger partial charge on any atom is -0.480 e. The lowest BCUT2D eigenvalue weighted by Crippen LogP contribution is -2.42. The molecule has 3 unspecified atom stereocenters. The smallest absolute Gasteiger partial charge is 0.321 e. The molecule has 4 atom stereocenters. The zero-order chi connectivity index (χ0) is 28.3. The lowest BCUT2D eigenvalue weighted by Gasteiger charge is -2.20. The number of rotatable bonds is 15. The number of esters is 3. The molecule has 0 aliphatic rings. The van der Waals surface area contributed by atoms with E-state index in [1.165, 1.54) is 12.1 Å². The van der Waals surface area contributed by atoms with Crippen molar-refractivity contribution in [2.24, 2.45) is 23.7 Å². The predicted octanol–water partition coefficient (Wildman–Crippen LogP) is 4.40. The number of aliphatic carboxylic acids is 1. The van der Waals surface area contributed by atoms with E-state index < -0.39 is 36.0 Å². The topological polar surface area (TPSA) is 128 Å². The first-order valence-corrected chi connectivity index (χ1v) is 13.0. The molecule has 37 heavy (non-hydrogen) atoms. The van der Waals surface area contributed by atoms with Crippen LogP contribution >= 0.6 is 0 Å².